The highest BCUT2D eigenvalue weighted by Crippen LogP contribution is 2.41. The van der Waals surface area contributed by atoms with Crippen LogP contribution in [0.5, 0.6) is 0 Å². The second kappa shape index (κ2) is 8.43. The number of fused-ring (bicyclic) bond motifs is 1. The molecule has 1 saturated heterocycles. The molecule has 33 heavy (non-hydrogen) atoms. The van der Waals surface area contributed by atoms with Gasteiger partial charge in [0.25, 0.3) is 17.2 Å². The average molecular weight is 478 g/mol. The SMILES string of the molecule is Cc1c(C(F)(F)F)cc2c(=O)nc(N3CCN(C(=O)c4ccccc4)CC3)sc2c1[N+](=O)[O-]. The van der Waals surface area contributed by atoms with Crippen LogP contribution < -0.4 is 10.5 Å². The molecule has 0 atom stereocenters. The second-order valence-corrected chi connectivity index (χ2v) is 8.45. The zero-order chi connectivity index (χ0) is 23.9. The zero-order valence-electron chi connectivity index (χ0n) is 17.3. The monoisotopic (exact) mass is 478 g/mol. The Balaban J connectivity index is 1.67. The van der Waals surface area contributed by atoms with E-state index in [2.05, 4.69) is 4.98 Å². The molecule has 1 fully saturated rings. The van der Waals surface area contributed by atoms with Crippen LogP contribution in [0.25, 0.3) is 10.1 Å². The minimum Gasteiger partial charge on any atom is -0.344 e. The topological polar surface area (TPSA) is 96.7 Å². The van der Waals surface area contributed by atoms with Crippen LogP contribution in [0, 0.1) is 17.0 Å². The van der Waals surface area contributed by atoms with Gasteiger partial charge in [-0.15, -0.1) is 0 Å². The van der Waals surface area contributed by atoms with Crippen molar-refractivity contribution in [2.24, 2.45) is 0 Å². The molecule has 0 saturated carbocycles. The van der Waals surface area contributed by atoms with Crippen LogP contribution in [0.4, 0.5) is 24.0 Å². The van der Waals surface area contributed by atoms with Crippen LogP contribution in [-0.4, -0.2) is 46.9 Å². The number of halogens is 3. The number of carbonyl (C=O) groups excluding carboxylic acids is 1. The van der Waals surface area contributed by atoms with Gasteiger partial charge >= 0.3 is 6.18 Å². The Morgan fingerprint density at radius 2 is 1.79 bits per heavy atom. The molecule has 8 nitrogen and oxygen atoms in total. The second-order valence-electron chi connectivity index (χ2n) is 7.48. The van der Waals surface area contributed by atoms with E-state index in [1.54, 1.807) is 40.1 Å². The van der Waals surface area contributed by atoms with Crippen molar-refractivity contribution in [1.82, 2.24) is 9.88 Å². The van der Waals surface area contributed by atoms with Gasteiger partial charge in [-0.05, 0) is 25.1 Å². The molecule has 0 radical (unpaired) electrons. The smallest absolute Gasteiger partial charge is 0.344 e. The minimum atomic E-state index is -4.85. The van der Waals surface area contributed by atoms with Crippen molar-refractivity contribution in [3.63, 3.8) is 0 Å². The molecule has 1 amide bonds. The molecule has 4 rings (SSSR count). The summed E-state index contributed by atoms with van der Waals surface area (Å²) in [6, 6.07) is 9.38. The third kappa shape index (κ3) is 4.25. The summed E-state index contributed by atoms with van der Waals surface area (Å²) >= 11 is 0.804. The summed E-state index contributed by atoms with van der Waals surface area (Å²) in [6.07, 6.45) is -4.85. The number of carbonyl (C=O) groups is 1. The maximum Gasteiger partial charge on any atom is 0.416 e. The lowest BCUT2D eigenvalue weighted by atomic mass is 10.0. The highest BCUT2D eigenvalue weighted by atomic mass is 32.1. The summed E-state index contributed by atoms with van der Waals surface area (Å²) in [5, 5.41) is 11.4. The third-order valence-corrected chi connectivity index (χ3v) is 6.62. The van der Waals surface area contributed by atoms with Gasteiger partial charge in [-0.2, -0.15) is 18.2 Å². The van der Waals surface area contributed by atoms with E-state index in [0.717, 1.165) is 18.3 Å². The van der Waals surface area contributed by atoms with Crippen molar-refractivity contribution >= 4 is 38.1 Å². The lowest BCUT2D eigenvalue weighted by molar-refractivity contribution is -0.383. The van der Waals surface area contributed by atoms with Crippen LogP contribution in [0.2, 0.25) is 0 Å². The molecule has 0 spiro atoms. The number of hydrogen-bond acceptors (Lipinski definition) is 7. The Morgan fingerprint density at radius 3 is 2.36 bits per heavy atom. The Morgan fingerprint density at radius 1 is 1.15 bits per heavy atom. The normalized spacial score (nSPS) is 14.5. The van der Waals surface area contributed by atoms with Gasteiger partial charge in [-0.1, -0.05) is 29.5 Å². The van der Waals surface area contributed by atoms with E-state index in [0.29, 0.717) is 37.8 Å². The van der Waals surface area contributed by atoms with Gasteiger partial charge in [0.2, 0.25) is 0 Å². The van der Waals surface area contributed by atoms with E-state index in [4.69, 9.17) is 0 Å². The maximum atomic E-state index is 13.4. The zero-order valence-corrected chi connectivity index (χ0v) is 18.1. The van der Waals surface area contributed by atoms with Gasteiger partial charge < -0.3 is 9.80 Å². The number of nitro groups is 1. The van der Waals surface area contributed by atoms with E-state index in [9.17, 15) is 32.9 Å². The average Bonchev–Trinajstić information content (AvgIpc) is 2.77. The summed E-state index contributed by atoms with van der Waals surface area (Å²) in [4.78, 5) is 43.2. The van der Waals surface area contributed by atoms with E-state index >= 15 is 0 Å². The molecule has 1 aromatic heterocycles. The summed E-state index contributed by atoms with van der Waals surface area (Å²) in [5.74, 6) is -0.138. The van der Waals surface area contributed by atoms with E-state index < -0.39 is 38.9 Å². The van der Waals surface area contributed by atoms with Gasteiger partial charge in [0.05, 0.1) is 15.9 Å². The van der Waals surface area contributed by atoms with Crippen molar-refractivity contribution in [2.45, 2.75) is 13.1 Å². The molecular formula is C21H17F3N4O4S. The van der Waals surface area contributed by atoms with E-state index in [-0.39, 0.29) is 15.7 Å². The lowest BCUT2D eigenvalue weighted by Gasteiger charge is -2.35. The molecule has 1 aliphatic heterocycles. The van der Waals surface area contributed by atoms with Gasteiger partial charge in [0.15, 0.2) is 5.13 Å². The lowest BCUT2D eigenvalue weighted by Crippen LogP contribution is -2.49. The van der Waals surface area contributed by atoms with Crippen LogP contribution in [-0.2, 0) is 6.18 Å². The first-order chi connectivity index (χ1) is 15.6. The van der Waals surface area contributed by atoms with Crippen LogP contribution in [0.1, 0.15) is 21.5 Å². The summed E-state index contributed by atoms with van der Waals surface area (Å²) in [7, 11) is 0. The fourth-order valence-electron chi connectivity index (χ4n) is 3.78. The van der Waals surface area contributed by atoms with Crippen molar-refractivity contribution in [2.75, 3.05) is 31.1 Å². The minimum absolute atomic E-state index is 0.138. The molecule has 0 bridgehead atoms. The standard InChI is InChI=1S/C21H17F3N4O4S/c1-12-15(21(22,23)24)11-14-17(16(12)28(31)32)33-20(25-18(14)29)27-9-7-26(8-10-27)19(30)13-5-3-2-4-6-13/h2-6,11H,7-10H2,1H3. The van der Waals surface area contributed by atoms with Crippen molar-refractivity contribution in [3.05, 3.63) is 73.6 Å². The number of rotatable bonds is 3. The van der Waals surface area contributed by atoms with Gasteiger partial charge in [0, 0.05) is 37.3 Å². The number of amides is 1. The number of benzene rings is 2. The molecular weight excluding hydrogens is 461 g/mol. The van der Waals surface area contributed by atoms with Gasteiger partial charge in [0.1, 0.15) is 4.70 Å². The maximum absolute atomic E-state index is 13.4. The Kier molecular flexibility index (Phi) is 5.78. The van der Waals surface area contributed by atoms with Crippen LogP contribution >= 0.6 is 11.3 Å². The predicted octanol–water partition coefficient (Wildman–Crippen LogP) is 3.85. The molecule has 172 valence electrons. The highest BCUT2D eigenvalue weighted by molar-refractivity contribution is 7.22. The fourth-order valence-corrected chi connectivity index (χ4v) is 4.98. The van der Waals surface area contributed by atoms with Crippen LogP contribution in [0.15, 0.2) is 41.2 Å². The largest absolute Gasteiger partial charge is 0.416 e. The summed E-state index contributed by atoms with van der Waals surface area (Å²) in [5.41, 5.74) is -2.94. The van der Waals surface area contributed by atoms with E-state index in [1.807, 2.05) is 0 Å². The molecule has 0 unspecified atom stereocenters. The summed E-state index contributed by atoms with van der Waals surface area (Å²) in [6.45, 7) is 2.33. The predicted molar refractivity (Wildman–Crippen MR) is 117 cm³/mol. The Bertz CT molecular complexity index is 1300. The molecule has 12 heteroatoms. The number of piperazine rings is 1. The number of nitro benzene ring substituents is 1. The highest BCUT2D eigenvalue weighted by Gasteiger charge is 2.37. The summed E-state index contributed by atoms with van der Waals surface area (Å²) < 4.78 is 39.9. The number of anilines is 1. The third-order valence-electron chi connectivity index (χ3n) is 5.47. The first-order valence-electron chi connectivity index (χ1n) is 9.87. The number of alkyl halides is 3. The molecule has 0 N–H and O–H groups in total. The molecule has 0 aliphatic carbocycles. The molecule has 1 aliphatic rings. The number of nitrogens with zero attached hydrogens (tertiary/aromatic N) is 4. The quantitative estimate of drug-likeness (QED) is 0.419. The van der Waals surface area contributed by atoms with Gasteiger partial charge in [-0.3, -0.25) is 19.7 Å². The van der Waals surface area contributed by atoms with Crippen molar-refractivity contribution in [1.29, 1.82) is 0 Å². The van der Waals surface area contributed by atoms with Gasteiger partial charge in [-0.25, -0.2) is 0 Å². The molecule has 3 aromatic rings. The molecule has 2 heterocycles. The van der Waals surface area contributed by atoms with Crippen molar-refractivity contribution < 1.29 is 22.9 Å². The number of hydrogen-bond donors (Lipinski definition) is 0. The Hall–Kier alpha value is -3.54. The Labute approximate surface area is 189 Å². The van der Waals surface area contributed by atoms with E-state index in [1.165, 1.54) is 0 Å². The van der Waals surface area contributed by atoms with Crippen molar-refractivity contribution in [3.8, 4) is 0 Å². The first-order valence-corrected chi connectivity index (χ1v) is 10.7. The van der Waals surface area contributed by atoms with Crippen LogP contribution in [0.3, 0.4) is 0 Å². The molecule has 2 aromatic carbocycles. The number of aromatic nitrogens is 1. The fraction of sp³-hybridized carbons (Fsp3) is 0.286. The first kappa shape index (κ1) is 22.6.